The molecular weight excluding hydrogens is 256 g/mol. The number of carbonyl (C=O) groups excluding carboxylic acids is 1. The zero-order valence-corrected chi connectivity index (χ0v) is 11.7. The fraction of sp³-hybridized carbons (Fsp3) is 0.400. The molecule has 1 aliphatic heterocycles. The first-order valence-corrected chi connectivity index (χ1v) is 7.65. The fourth-order valence-corrected chi connectivity index (χ4v) is 3.73. The number of nitrogens with two attached hydrogens (primary N) is 1. The first kappa shape index (κ1) is 12.5. The summed E-state index contributed by atoms with van der Waals surface area (Å²) in [6.45, 7) is 1.74. The van der Waals surface area contributed by atoms with Crippen molar-refractivity contribution in [2.45, 2.75) is 25.7 Å². The molecule has 0 unspecified atom stereocenters. The van der Waals surface area contributed by atoms with E-state index in [1.165, 1.54) is 24.2 Å². The van der Waals surface area contributed by atoms with Crippen molar-refractivity contribution in [1.82, 2.24) is 4.90 Å². The molecule has 1 amide bonds. The minimum absolute atomic E-state index is 0.112. The summed E-state index contributed by atoms with van der Waals surface area (Å²) in [7, 11) is 0. The maximum atomic E-state index is 12.6. The van der Waals surface area contributed by atoms with Crippen LogP contribution >= 0.6 is 11.3 Å². The van der Waals surface area contributed by atoms with Gasteiger partial charge in [0.1, 0.15) is 4.88 Å². The Morgan fingerprint density at radius 2 is 1.79 bits per heavy atom. The molecule has 4 heteroatoms. The third kappa shape index (κ3) is 2.32. The van der Waals surface area contributed by atoms with Crippen LogP contribution in [0, 0.1) is 0 Å². The molecule has 0 aliphatic carbocycles. The zero-order valence-electron chi connectivity index (χ0n) is 10.9. The number of anilines is 1. The Hall–Kier alpha value is -1.55. The van der Waals surface area contributed by atoms with Crippen molar-refractivity contribution >= 4 is 33.0 Å². The van der Waals surface area contributed by atoms with Gasteiger partial charge in [-0.3, -0.25) is 4.79 Å². The Bertz CT molecular complexity index is 597. The lowest BCUT2D eigenvalue weighted by Crippen LogP contribution is -2.31. The fourth-order valence-electron chi connectivity index (χ4n) is 2.64. The molecule has 2 N–H and O–H groups in total. The first-order valence-electron chi connectivity index (χ1n) is 6.83. The van der Waals surface area contributed by atoms with Gasteiger partial charge in [0.05, 0.1) is 5.69 Å². The third-order valence-corrected chi connectivity index (χ3v) is 4.90. The van der Waals surface area contributed by atoms with E-state index in [0.717, 1.165) is 36.0 Å². The second-order valence-electron chi connectivity index (χ2n) is 5.05. The number of benzene rings is 1. The van der Waals surface area contributed by atoms with Gasteiger partial charge in [0.2, 0.25) is 0 Å². The van der Waals surface area contributed by atoms with Crippen LogP contribution < -0.4 is 5.73 Å². The molecule has 3 nitrogen and oxygen atoms in total. The molecule has 1 aliphatic rings. The summed E-state index contributed by atoms with van der Waals surface area (Å²) in [5.74, 6) is 0.112. The maximum absolute atomic E-state index is 12.6. The van der Waals surface area contributed by atoms with E-state index >= 15 is 0 Å². The van der Waals surface area contributed by atoms with Gasteiger partial charge in [-0.25, -0.2) is 0 Å². The Labute approximate surface area is 117 Å². The van der Waals surface area contributed by atoms with Gasteiger partial charge in [-0.05, 0) is 18.9 Å². The normalized spacial score (nSPS) is 16.5. The molecule has 0 bridgehead atoms. The van der Waals surface area contributed by atoms with E-state index in [2.05, 4.69) is 0 Å². The molecule has 2 aromatic rings. The van der Waals surface area contributed by atoms with Crippen molar-refractivity contribution < 1.29 is 4.79 Å². The molecule has 0 saturated carbocycles. The highest BCUT2D eigenvalue weighted by Crippen LogP contribution is 2.34. The highest BCUT2D eigenvalue weighted by Gasteiger charge is 2.22. The Kier molecular flexibility index (Phi) is 3.42. The lowest BCUT2D eigenvalue weighted by atomic mass is 10.2. The topological polar surface area (TPSA) is 46.3 Å². The van der Waals surface area contributed by atoms with Crippen molar-refractivity contribution in [1.29, 1.82) is 0 Å². The van der Waals surface area contributed by atoms with Crippen LogP contribution in [0.2, 0.25) is 0 Å². The number of nitrogen functional groups attached to an aromatic ring is 1. The van der Waals surface area contributed by atoms with Gasteiger partial charge >= 0.3 is 0 Å². The predicted molar refractivity (Wildman–Crippen MR) is 80.6 cm³/mol. The van der Waals surface area contributed by atoms with Gasteiger partial charge in [-0.15, -0.1) is 11.3 Å². The summed E-state index contributed by atoms with van der Waals surface area (Å²) < 4.78 is 1.10. The quantitative estimate of drug-likeness (QED) is 0.865. The third-order valence-electron chi connectivity index (χ3n) is 3.72. The number of fused-ring (bicyclic) bond motifs is 1. The van der Waals surface area contributed by atoms with Crippen LogP contribution in [0.15, 0.2) is 24.3 Å². The summed E-state index contributed by atoms with van der Waals surface area (Å²) in [6.07, 6.45) is 4.67. The zero-order chi connectivity index (χ0) is 13.2. The highest BCUT2D eigenvalue weighted by molar-refractivity contribution is 7.21. The molecule has 1 aromatic carbocycles. The standard InChI is InChI=1S/C15H18N2OS/c16-13-11-7-3-4-8-12(11)19-14(13)15(18)17-9-5-1-2-6-10-17/h3-4,7-8H,1-2,5-6,9-10,16H2. The minimum Gasteiger partial charge on any atom is -0.397 e. The van der Waals surface area contributed by atoms with Crippen LogP contribution in [0.4, 0.5) is 5.69 Å². The van der Waals surface area contributed by atoms with Crippen LogP contribution in [0.3, 0.4) is 0 Å². The molecule has 100 valence electrons. The Morgan fingerprint density at radius 3 is 2.47 bits per heavy atom. The summed E-state index contributed by atoms with van der Waals surface area (Å²) in [5.41, 5.74) is 6.80. The van der Waals surface area contributed by atoms with Crippen molar-refractivity contribution in [2.24, 2.45) is 0 Å². The van der Waals surface area contributed by atoms with E-state index in [-0.39, 0.29) is 5.91 Å². The predicted octanol–water partition coefficient (Wildman–Crippen LogP) is 3.50. The van der Waals surface area contributed by atoms with Crippen LogP contribution in [0.25, 0.3) is 10.1 Å². The van der Waals surface area contributed by atoms with Gasteiger partial charge < -0.3 is 10.6 Å². The molecule has 3 rings (SSSR count). The molecule has 1 fully saturated rings. The van der Waals surface area contributed by atoms with E-state index in [9.17, 15) is 4.79 Å². The Balaban J connectivity index is 1.94. The summed E-state index contributed by atoms with van der Waals surface area (Å²) >= 11 is 1.52. The lowest BCUT2D eigenvalue weighted by molar-refractivity contribution is 0.0767. The lowest BCUT2D eigenvalue weighted by Gasteiger charge is -2.19. The number of carbonyl (C=O) groups is 1. The van der Waals surface area contributed by atoms with Gasteiger partial charge in [0.25, 0.3) is 5.91 Å². The largest absolute Gasteiger partial charge is 0.397 e. The number of thiophene rings is 1. The van der Waals surface area contributed by atoms with Crippen molar-refractivity contribution in [3.8, 4) is 0 Å². The molecule has 0 spiro atoms. The van der Waals surface area contributed by atoms with Crippen LogP contribution in [-0.4, -0.2) is 23.9 Å². The molecule has 2 heterocycles. The van der Waals surface area contributed by atoms with Crippen LogP contribution in [0.5, 0.6) is 0 Å². The van der Waals surface area contributed by atoms with Crippen molar-refractivity contribution in [2.75, 3.05) is 18.8 Å². The van der Waals surface area contributed by atoms with E-state index in [0.29, 0.717) is 10.6 Å². The monoisotopic (exact) mass is 274 g/mol. The number of rotatable bonds is 1. The van der Waals surface area contributed by atoms with Crippen LogP contribution in [0.1, 0.15) is 35.4 Å². The molecular formula is C15H18N2OS. The molecule has 0 atom stereocenters. The summed E-state index contributed by atoms with van der Waals surface area (Å²) in [5, 5.41) is 1.01. The Morgan fingerprint density at radius 1 is 1.11 bits per heavy atom. The first-order chi connectivity index (χ1) is 9.27. The number of hydrogen-bond donors (Lipinski definition) is 1. The number of hydrogen-bond acceptors (Lipinski definition) is 3. The van der Waals surface area contributed by atoms with E-state index < -0.39 is 0 Å². The second kappa shape index (κ2) is 5.21. The van der Waals surface area contributed by atoms with E-state index in [4.69, 9.17) is 5.73 Å². The minimum atomic E-state index is 0.112. The number of likely N-dealkylation sites (tertiary alicyclic amines) is 1. The highest BCUT2D eigenvalue weighted by atomic mass is 32.1. The average Bonchev–Trinajstić information content (AvgIpc) is 2.64. The summed E-state index contributed by atoms with van der Waals surface area (Å²) in [6, 6.07) is 7.96. The molecule has 1 aromatic heterocycles. The molecule has 1 saturated heterocycles. The average molecular weight is 274 g/mol. The maximum Gasteiger partial charge on any atom is 0.266 e. The van der Waals surface area contributed by atoms with Crippen molar-refractivity contribution in [3.63, 3.8) is 0 Å². The van der Waals surface area contributed by atoms with Gasteiger partial charge in [0.15, 0.2) is 0 Å². The number of nitrogens with zero attached hydrogens (tertiary/aromatic N) is 1. The van der Waals surface area contributed by atoms with Crippen molar-refractivity contribution in [3.05, 3.63) is 29.1 Å². The van der Waals surface area contributed by atoms with E-state index in [1.54, 1.807) is 0 Å². The second-order valence-corrected chi connectivity index (χ2v) is 6.10. The summed E-state index contributed by atoms with van der Waals surface area (Å²) in [4.78, 5) is 15.3. The molecule has 0 radical (unpaired) electrons. The van der Waals surface area contributed by atoms with Gasteiger partial charge in [-0.2, -0.15) is 0 Å². The van der Waals surface area contributed by atoms with E-state index in [1.807, 2.05) is 29.2 Å². The smallest absolute Gasteiger partial charge is 0.266 e. The van der Waals surface area contributed by atoms with Gasteiger partial charge in [0, 0.05) is 23.2 Å². The SMILES string of the molecule is Nc1c(C(=O)N2CCCCCC2)sc2ccccc12. The number of amides is 1. The van der Waals surface area contributed by atoms with Gasteiger partial charge in [-0.1, -0.05) is 31.0 Å². The molecule has 19 heavy (non-hydrogen) atoms. The van der Waals surface area contributed by atoms with Crippen LogP contribution in [-0.2, 0) is 0 Å².